The molecule has 18 heavy (non-hydrogen) atoms. The van der Waals surface area contributed by atoms with Crippen molar-refractivity contribution in [1.82, 2.24) is 10.6 Å². The van der Waals surface area contributed by atoms with Gasteiger partial charge in [-0.1, -0.05) is 0 Å². The minimum atomic E-state index is 0.427. The summed E-state index contributed by atoms with van der Waals surface area (Å²) < 4.78 is 10.8. The molecule has 1 aromatic heterocycles. The maximum Gasteiger partial charge on any atom is 0.105 e. The highest BCUT2D eigenvalue weighted by atomic mass is 16.5. The number of ether oxygens (including phenoxy) is 1. The van der Waals surface area contributed by atoms with Gasteiger partial charge in [-0.15, -0.1) is 0 Å². The summed E-state index contributed by atoms with van der Waals surface area (Å²) in [6.45, 7) is 7.07. The summed E-state index contributed by atoms with van der Waals surface area (Å²) in [5.74, 6) is 1.04. The molecule has 2 rings (SSSR count). The summed E-state index contributed by atoms with van der Waals surface area (Å²) in [7, 11) is 0. The van der Waals surface area contributed by atoms with Crippen molar-refractivity contribution in [2.24, 2.45) is 0 Å². The quantitative estimate of drug-likeness (QED) is 0.807. The average Bonchev–Trinajstić information content (AvgIpc) is 2.82. The summed E-state index contributed by atoms with van der Waals surface area (Å²) in [5.41, 5.74) is 0. The molecule has 2 heterocycles. The maximum atomic E-state index is 5.47. The Morgan fingerprint density at radius 2 is 2.33 bits per heavy atom. The van der Waals surface area contributed by atoms with E-state index in [-0.39, 0.29) is 0 Å². The van der Waals surface area contributed by atoms with E-state index >= 15 is 0 Å². The molecule has 0 amide bonds. The normalized spacial score (nSPS) is 23.8. The van der Waals surface area contributed by atoms with Crippen LogP contribution in [0.2, 0.25) is 0 Å². The Balaban J connectivity index is 1.67. The Hall–Kier alpha value is -0.840. The van der Waals surface area contributed by atoms with Crippen molar-refractivity contribution in [3.05, 3.63) is 24.2 Å². The molecule has 4 heteroatoms. The van der Waals surface area contributed by atoms with Crippen molar-refractivity contribution in [3.63, 3.8) is 0 Å². The Kier molecular flexibility index (Phi) is 5.23. The molecule has 0 spiro atoms. The largest absolute Gasteiger partial charge is 0.469 e. The first kappa shape index (κ1) is 13.6. The van der Waals surface area contributed by atoms with Crippen LogP contribution in [0.1, 0.15) is 26.0 Å². The molecule has 0 saturated carbocycles. The number of nitrogens with one attached hydrogen (secondary N) is 2. The summed E-state index contributed by atoms with van der Waals surface area (Å²) in [6, 6.07) is 5.36. The SMILES string of the molecule is CC(Cc1ccco1)NC(C)CC1COCCN1. The van der Waals surface area contributed by atoms with E-state index in [1.165, 1.54) is 0 Å². The minimum absolute atomic E-state index is 0.427. The highest BCUT2D eigenvalue weighted by molar-refractivity contribution is 5.00. The fourth-order valence-electron chi connectivity index (χ4n) is 2.54. The number of rotatable bonds is 6. The second-order valence-corrected chi connectivity index (χ2v) is 5.21. The monoisotopic (exact) mass is 252 g/mol. The van der Waals surface area contributed by atoms with Crippen LogP contribution < -0.4 is 10.6 Å². The molecule has 0 bridgehead atoms. The molecule has 2 N–H and O–H groups in total. The van der Waals surface area contributed by atoms with Crippen molar-refractivity contribution in [2.45, 2.75) is 44.8 Å². The first-order valence-electron chi connectivity index (χ1n) is 6.83. The molecule has 3 atom stereocenters. The topological polar surface area (TPSA) is 46.4 Å². The van der Waals surface area contributed by atoms with Crippen LogP contribution in [-0.2, 0) is 11.2 Å². The van der Waals surface area contributed by atoms with Crippen LogP contribution in [0, 0.1) is 0 Å². The van der Waals surface area contributed by atoms with Gasteiger partial charge >= 0.3 is 0 Å². The fraction of sp³-hybridized carbons (Fsp3) is 0.714. The van der Waals surface area contributed by atoms with Crippen LogP contribution in [0.15, 0.2) is 22.8 Å². The van der Waals surface area contributed by atoms with Gasteiger partial charge in [0.15, 0.2) is 0 Å². The first-order chi connectivity index (χ1) is 8.74. The number of hydrogen-bond acceptors (Lipinski definition) is 4. The first-order valence-corrected chi connectivity index (χ1v) is 6.83. The van der Waals surface area contributed by atoms with E-state index in [0.717, 1.165) is 38.4 Å². The number of morpholine rings is 1. The lowest BCUT2D eigenvalue weighted by Gasteiger charge is -2.28. The molecule has 102 valence electrons. The third-order valence-corrected chi connectivity index (χ3v) is 3.29. The minimum Gasteiger partial charge on any atom is -0.469 e. The summed E-state index contributed by atoms with van der Waals surface area (Å²) in [4.78, 5) is 0. The van der Waals surface area contributed by atoms with Crippen molar-refractivity contribution in [3.8, 4) is 0 Å². The second kappa shape index (κ2) is 6.92. The lowest BCUT2D eigenvalue weighted by atomic mass is 10.1. The zero-order chi connectivity index (χ0) is 12.8. The van der Waals surface area contributed by atoms with Crippen LogP contribution in [0.3, 0.4) is 0 Å². The zero-order valence-corrected chi connectivity index (χ0v) is 11.3. The molecule has 3 unspecified atom stereocenters. The number of furan rings is 1. The number of hydrogen-bond donors (Lipinski definition) is 2. The third-order valence-electron chi connectivity index (χ3n) is 3.29. The Bertz CT molecular complexity index is 321. The molecule has 1 aliphatic rings. The maximum absolute atomic E-state index is 5.47. The van der Waals surface area contributed by atoms with E-state index < -0.39 is 0 Å². The van der Waals surface area contributed by atoms with E-state index in [0.29, 0.717) is 18.1 Å². The summed E-state index contributed by atoms with van der Waals surface area (Å²) in [5, 5.41) is 7.10. The Labute approximate surface area is 109 Å². The summed E-state index contributed by atoms with van der Waals surface area (Å²) in [6.07, 6.45) is 3.77. The predicted octanol–water partition coefficient (Wildman–Crippen LogP) is 1.57. The molecule has 0 radical (unpaired) electrons. The third kappa shape index (κ3) is 4.44. The summed E-state index contributed by atoms with van der Waals surface area (Å²) >= 11 is 0. The van der Waals surface area contributed by atoms with Crippen molar-refractivity contribution >= 4 is 0 Å². The van der Waals surface area contributed by atoms with E-state index in [1.807, 2.05) is 12.1 Å². The molecular formula is C14H24N2O2. The van der Waals surface area contributed by atoms with Crippen LogP contribution in [-0.4, -0.2) is 37.9 Å². The van der Waals surface area contributed by atoms with Gasteiger partial charge in [0.2, 0.25) is 0 Å². The van der Waals surface area contributed by atoms with Gasteiger partial charge in [0.05, 0.1) is 19.5 Å². The fourth-order valence-corrected chi connectivity index (χ4v) is 2.54. The molecule has 1 aliphatic heterocycles. The molecular weight excluding hydrogens is 228 g/mol. The molecule has 1 fully saturated rings. The second-order valence-electron chi connectivity index (χ2n) is 5.21. The van der Waals surface area contributed by atoms with Crippen LogP contribution >= 0.6 is 0 Å². The molecule has 4 nitrogen and oxygen atoms in total. The van der Waals surface area contributed by atoms with Crippen molar-refractivity contribution in [1.29, 1.82) is 0 Å². The van der Waals surface area contributed by atoms with Gasteiger partial charge in [-0.05, 0) is 32.4 Å². The average molecular weight is 252 g/mol. The molecule has 0 aromatic carbocycles. The molecule has 1 saturated heterocycles. The van der Waals surface area contributed by atoms with Crippen LogP contribution in [0.4, 0.5) is 0 Å². The van der Waals surface area contributed by atoms with Crippen molar-refractivity contribution < 1.29 is 9.15 Å². The van der Waals surface area contributed by atoms with Gasteiger partial charge in [-0.25, -0.2) is 0 Å². The Morgan fingerprint density at radius 3 is 3.00 bits per heavy atom. The van der Waals surface area contributed by atoms with Gasteiger partial charge in [-0.2, -0.15) is 0 Å². The van der Waals surface area contributed by atoms with E-state index in [1.54, 1.807) is 6.26 Å². The smallest absolute Gasteiger partial charge is 0.105 e. The molecule has 0 aliphatic carbocycles. The van der Waals surface area contributed by atoms with Crippen LogP contribution in [0.5, 0.6) is 0 Å². The van der Waals surface area contributed by atoms with E-state index in [9.17, 15) is 0 Å². The van der Waals surface area contributed by atoms with Gasteiger partial charge in [0.1, 0.15) is 5.76 Å². The van der Waals surface area contributed by atoms with Gasteiger partial charge in [-0.3, -0.25) is 0 Å². The Morgan fingerprint density at radius 1 is 1.44 bits per heavy atom. The zero-order valence-electron chi connectivity index (χ0n) is 11.3. The van der Waals surface area contributed by atoms with E-state index in [4.69, 9.17) is 9.15 Å². The predicted molar refractivity (Wildman–Crippen MR) is 71.7 cm³/mol. The standard InChI is InChI=1S/C14H24N2O2/c1-11(8-13-10-17-7-5-15-13)16-12(2)9-14-4-3-6-18-14/h3-4,6,11-13,15-16H,5,7-10H2,1-2H3. The van der Waals surface area contributed by atoms with Gasteiger partial charge < -0.3 is 19.8 Å². The van der Waals surface area contributed by atoms with Crippen molar-refractivity contribution in [2.75, 3.05) is 19.8 Å². The van der Waals surface area contributed by atoms with Crippen LogP contribution in [0.25, 0.3) is 0 Å². The highest BCUT2D eigenvalue weighted by Crippen LogP contribution is 2.07. The highest BCUT2D eigenvalue weighted by Gasteiger charge is 2.17. The van der Waals surface area contributed by atoms with Gasteiger partial charge in [0.25, 0.3) is 0 Å². The lowest BCUT2D eigenvalue weighted by molar-refractivity contribution is 0.0708. The van der Waals surface area contributed by atoms with E-state index in [2.05, 4.69) is 24.5 Å². The van der Waals surface area contributed by atoms with Gasteiger partial charge in [0, 0.05) is 31.1 Å². The lowest BCUT2D eigenvalue weighted by Crippen LogP contribution is -2.46. The molecule has 1 aromatic rings.